The van der Waals surface area contributed by atoms with Crippen molar-refractivity contribution in [3.8, 4) is 0 Å². The van der Waals surface area contributed by atoms with E-state index in [0.29, 0.717) is 11.3 Å². The summed E-state index contributed by atoms with van der Waals surface area (Å²) in [5.74, 6) is -1.92. The quantitative estimate of drug-likeness (QED) is 0.910. The number of anilines is 1. The Bertz CT molecular complexity index is 726. The van der Waals surface area contributed by atoms with E-state index in [4.69, 9.17) is 5.73 Å². The highest BCUT2D eigenvalue weighted by atomic mass is 19.1. The molecule has 2 aromatic carbocycles. The van der Waals surface area contributed by atoms with Gasteiger partial charge >= 0.3 is 0 Å². The van der Waals surface area contributed by atoms with Crippen LogP contribution in [0, 0.1) is 19.7 Å². The summed E-state index contributed by atoms with van der Waals surface area (Å²) in [5.41, 5.74) is 7.55. The Kier molecular flexibility index (Phi) is 4.03. The summed E-state index contributed by atoms with van der Waals surface area (Å²) in [6, 6.07) is 9.15. The maximum Gasteiger partial charge on any atom is 0.255 e. The fourth-order valence-electron chi connectivity index (χ4n) is 2.06. The molecule has 0 bridgehead atoms. The first kappa shape index (κ1) is 14.7. The number of carbonyl (C=O) groups excluding carboxylic acids is 2. The van der Waals surface area contributed by atoms with Crippen molar-refractivity contribution in [3.63, 3.8) is 0 Å². The van der Waals surface area contributed by atoms with Crippen molar-refractivity contribution in [2.75, 3.05) is 5.32 Å². The standard InChI is InChI=1S/C16H15FN2O2/c1-9-3-5-12(10(2)7-9)16(21)19-11-4-6-14(17)13(8-11)15(18)20/h3-8H,1-2H3,(H2,18,20)(H,19,21). The predicted octanol–water partition coefficient (Wildman–Crippen LogP) is 2.79. The van der Waals surface area contributed by atoms with Crippen LogP contribution in [0.1, 0.15) is 31.8 Å². The van der Waals surface area contributed by atoms with Crippen molar-refractivity contribution in [3.05, 3.63) is 64.5 Å². The molecule has 0 unspecified atom stereocenters. The molecule has 0 saturated carbocycles. The molecule has 21 heavy (non-hydrogen) atoms. The molecule has 0 saturated heterocycles. The summed E-state index contributed by atoms with van der Waals surface area (Å²) >= 11 is 0. The molecule has 108 valence electrons. The van der Waals surface area contributed by atoms with Crippen LogP contribution in [0.3, 0.4) is 0 Å². The topological polar surface area (TPSA) is 72.2 Å². The van der Waals surface area contributed by atoms with Crippen molar-refractivity contribution in [1.82, 2.24) is 0 Å². The zero-order valence-electron chi connectivity index (χ0n) is 11.7. The largest absolute Gasteiger partial charge is 0.366 e. The van der Waals surface area contributed by atoms with Gasteiger partial charge in [-0.3, -0.25) is 9.59 Å². The molecule has 3 N–H and O–H groups in total. The molecule has 0 radical (unpaired) electrons. The number of aryl methyl sites for hydroxylation is 2. The van der Waals surface area contributed by atoms with E-state index < -0.39 is 11.7 Å². The maximum atomic E-state index is 13.4. The van der Waals surface area contributed by atoms with Crippen LogP contribution in [0.5, 0.6) is 0 Å². The third-order valence-electron chi connectivity index (χ3n) is 3.12. The van der Waals surface area contributed by atoms with Crippen LogP contribution in [0.15, 0.2) is 36.4 Å². The Morgan fingerprint density at radius 2 is 1.76 bits per heavy atom. The molecular weight excluding hydrogens is 271 g/mol. The molecule has 2 rings (SSSR count). The number of nitrogens with two attached hydrogens (primary N) is 1. The molecule has 0 fully saturated rings. The molecule has 0 spiro atoms. The van der Waals surface area contributed by atoms with Crippen molar-refractivity contribution in [2.45, 2.75) is 13.8 Å². The van der Waals surface area contributed by atoms with Gasteiger partial charge in [0.05, 0.1) is 5.56 Å². The van der Waals surface area contributed by atoms with E-state index in [2.05, 4.69) is 5.32 Å². The van der Waals surface area contributed by atoms with Crippen molar-refractivity contribution < 1.29 is 14.0 Å². The number of carbonyl (C=O) groups is 2. The monoisotopic (exact) mass is 286 g/mol. The van der Waals surface area contributed by atoms with Crippen LogP contribution in [0.2, 0.25) is 0 Å². The molecule has 2 amide bonds. The zero-order chi connectivity index (χ0) is 15.6. The van der Waals surface area contributed by atoms with E-state index in [1.165, 1.54) is 12.1 Å². The Hall–Kier alpha value is -2.69. The summed E-state index contributed by atoms with van der Waals surface area (Å²) in [6.07, 6.45) is 0. The summed E-state index contributed by atoms with van der Waals surface area (Å²) in [7, 11) is 0. The second-order valence-electron chi connectivity index (χ2n) is 4.83. The molecule has 0 aliphatic rings. The van der Waals surface area contributed by atoms with E-state index in [1.54, 1.807) is 6.07 Å². The van der Waals surface area contributed by atoms with Gasteiger partial charge in [-0.25, -0.2) is 4.39 Å². The smallest absolute Gasteiger partial charge is 0.255 e. The Morgan fingerprint density at radius 1 is 1.05 bits per heavy atom. The van der Waals surface area contributed by atoms with Gasteiger partial charge in [-0.1, -0.05) is 17.7 Å². The minimum atomic E-state index is -0.880. The van der Waals surface area contributed by atoms with Gasteiger partial charge in [0, 0.05) is 11.3 Å². The normalized spacial score (nSPS) is 10.2. The van der Waals surface area contributed by atoms with Crippen LogP contribution in [0.25, 0.3) is 0 Å². The fourth-order valence-corrected chi connectivity index (χ4v) is 2.06. The Morgan fingerprint density at radius 3 is 2.38 bits per heavy atom. The maximum absolute atomic E-state index is 13.4. The second kappa shape index (κ2) is 5.75. The average molecular weight is 286 g/mol. The lowest BCUT2D eigenvalue weighted by Crippen LogP contribution is -2.16. The molecule has 2 aromatic rings. The third-order valence-corrected chi connectivity index (χ3v) is 3.12. The number of nitrogens with one attached hydrogen (secondary N) is 1. The molecule has 0 atom stereocenters. The van der Waals surface area contributed by atoms with Gasteiger partial charge in [-0.2, -0.15) is 0 Å². The summed E-state index contributed by atoms with van der Waals surface area (Å²) in [4.78, 5) is 23.3. The average Bonchev–Trinajstić information content (AvgIpc) is 2.40. The van der Waals surface area contributed by atoms with Gasteiger partial charge in [-0.05, 0) is 43.7 Å². The highest BCUT2D eigenvalue weighted by Gasteiger charge is 2.12. The van der Waals surface area contributed by atoms with Gasteiger partial charge in [0.15, 0.2) is 0 Å². The van der Waals surface area contributed by atoms with Gasteiger partial charge in [-0.15, -0.1) is 0 Å². The molecular formula is C16H15FN2O2. The summed E-state index contributed by atoms with van der Waals surface area (Å²) in [6.45, 7) is 3.77. The predicted molar refractivity (Wildman–Crippen MR) is 78.8 cm³/mol. The van der Waals surface area contributed by atoms with Crippen LogP contribution in [-0.2, 0) is 0 Å². The first-order chi connectivity index (χ1) is 9.88. The second-order valence-corrected chi connectivity index (χ2v) is 4.83. The molecule has 0 heterocycles. The van der Waals surface area contributed by atoms with E-state index >= 15 is 0 Å². The van der Waals surface area contributed by atoms with Crippen molar-refractivity contribution in [2.24, 2.45) is 5.73 Å². The lowest BCUT2D eigenvalue weighted by Gasteiger charge is -2.09. The number of rotatable bonds is 3. The minimum Gasteiger partial charge on any atom is -0.366 e. The Labute approximate surface area is 121 Å². The fraction of sp³-hybridized carbons (Fsp3) is 0.125. The first-order valence-corrected chi connectivity index (χ1v) is 6.36. The number of hydrogen-bond donors (Lipinski definition) is 2. The lowest BCUT2D eigenvalue weighted by molar-refractivity contribution is 0.0992. The third kappa shape index (κ3) is 3.25. The molecule has 0 aromatic heterocycles. The number of halogens is 1. The first-order valence-electron chi connectivity index (χ1n) is 6.36. The van der Waals surface area contributed by atoms with Crippen LogP contribution in [-0.4, -0.2) is 11.8 Å². The minimum absolute atomic E-state index is 0.256. The van der Waals surface area contributed by atoms with Gasteiger partial charge < -0.3 is 11.1 Å². The van der Waals surface area contributed by atoms with Crippen molar-refractivity contribution >= 4 is 17.5 Å². The van der Waals surface area contributed by atoms with E-state index in [9.17, 15) is 14.0 Å². The van der Waals surface area contributed by atoms with Crippen molar-refractivity contribution in [1.29, 1.82) is 0 Å². The van der Waals surface area contributed by atoms with Gasteiger partial charge in [0.25, 0.3) is 11.8 Å². The number of primary amides is 1. The van der Waals surface area contributed by atoms with Crippen LogP contribution < -0.4 is 11.1 Å². The molecule has 0 aliphatic heterocycles. The van der Waals surface area contributed by atoms with E-state index in [0.717, 1.165) is 17.2 Å². The number of amides is 2. The molecule has 4 nitrogen and oxygen atoms in total. The SMILES string of the molecule is Cc1ccc(C(=O)Nc2ccc(F)c(C(N)=O)c2)c(C)c1. The van der Waals surface area contributed by atoms with E-state index in [-0.39, 0.29) is 11.5 Å². The van der Waals surface area contributed by atoms with Crippen LogP contribution in [0.4, 0.5) is 10.1 Å². The van der Waals surface area contributed by atoms with Crippen LogP contribution >= 0.6 is 0 Å². The summed E-state index contributed by atoms with van der Waals surface area (Å²) in [5, 5.41) is 2.63. The van der Waals surface area contributed by atoms with E-state index in [1.807, 2.05) is 26.0 Å². The highest BCUT2D eigenvalue weighted by molar-refractivity contribution is 6.06. The molecule has 5 heteroatoms. The van der Waals surface area contributed by atoms with Gasteiger partial charge in [0.2, 0.25) is 0 Å². The highest BCUT2D eigenvalue weighted by Crippen LogP contribution is 2.17. The number of hydrogen-bond acceptors (Lipinski definition) is 2. The van der Waals surface area contributed by atoms with Gasteiger partial charge in [0.1, 0.15) is 5.82 Å². The Balaban J connectivity index is 2.27. The lowest BCUT2D eigenvalue weighted by atomic mass is 10.0. The zero-order valence-corrected chi connectivity index (χ0v) is 11.7. The summed E-state index contributed by atoms with van der Waals surface area (Å²) < 4.78 is 13.4. The molecule has 0 aliphatic carbocycles. The number of benzene rings is 2.